The second kappa shape index (κ2) is 8.84. The van der Waals surface area contributed by atoms with Gasteiger partial charge in [-0.05, 0) is 35.9 Å². The average Bonchev–Trinajstić information content (AvgIpc) is 2.57. The second-order valence-corrected chi connectivity index (χ2v) is 7.38. The van der Waals surface area contributed by atoms with Gasteiger partial charge in [-0.25, -0.2) is 0 Å². The third-order valence-corrected chi connectivity index (χ3v) is 3.88. The smallest absolute Gasteiger partial charge is 0.446 e. The number of rotatable bonds is 6. The fraction of sp³-hybridized carbons (Fsp3) is 0.0588. The van der Waals surface area contributed by atoms with E-state index in [1.54, 1.807) is 12.2 Å². The normalized spacial score (nSPS) is 11.7. The molecule has 2 aromatic carbocycles. The van der Waals surface area contributed by atoms with Gasteiger partial charge in [-0.15, -0.1) is 0 Å². The number of hydrogen-bond donors (Lipinski definition) is 4. The number of phenolic OH excluding ortho intramolecular Hbond substituents is 2. The predicted molar refractivity (Wildman–Crippen MR) is 101 cm³/mol. The molecule has 0 saturated heterocycles. The molecule has 2 rings (SSSR count). The van der Waals surface area contributed by atoms with Crippen molar-refractivity contribution < 1.29 is 44.5 Å². The highest BCUT2D eigenvalue weighted by Crippen LogP contribution is 2.29. The highest BCUT2D eigenvalue weighted by Gasteiger charge is 2.12. The molecule has 0 aliphatic rings. The Morgan fingerprint density at radius 3 is 1.93 bits per heavy atom. The standard InChI is InChI=1S/C17H14O10S2/c18-14-10-12(6-8-16(14)26-28(20,21)22)4-2-1-3-5-13-7-9-17(15(19)11-13)27-29(23,24)25/h2,4,6-11,18-19H,1H2,(H,20,21,22)(H,23,24,25)/b4-2+. The molecule has 10 nitrogen and oxygen atoms in total. The van der Waals surface area contributed by atoms with Crippen molar-refractivity contribution in [3.05, 3.63) is 53.6 Å². The lowest BCUT2D eigenvalue weighted by Crippen LogP contribution is -2.06. The molecule has 0 aromatic heterocycles. The Labute approximate surface area is 166 Å². The zero-order valence-corrected chi connectivity index (χ0v) is 16.0. The quantitative estimate of drug-likeness (QED) is 0.383. The Kier molecular flexibility index (Phi) is 6.72. The first-order valence-corrected chi connectivity index (χ1v) is 10.3. The van der Waals surface area contributed by atoms with Gasteiger partial charge in [0.25, 0.3) is 0 Å². The van der Waals surface area contributed by atoms with Crippen LogP contribution in [0.25, 0.3) is 6.08 Å². The van der Waals surface area contributed by atoms with Crippen LogP contribution < -0.4 is 8.37 Å². The highest BCUT2D eigenvalue weighted by molar-refractivity contribution is 7.81. The number of allylic oxidation sites excluding steroid dienone is 1. The summed E-state index contributed by atoms with van der Waals surface area (Å²) in [5.41, 5.74) is 0.874. The van der Waals surface area contributed by atoms with Gasteiger partial charge in [0, 0.05) is 12.0 Å². The SMILES string of the molecule is O=S(=O)(O)Oc1ccc(C#CC/C=C/c2ccc(OS(=O)(=O)O)c(O)c2)cc1O. The van der Waals surface area contributed by atoms with Crippen LogP contribution in [0.4, 0.5) is 0 Å². The van der Waals surface area contributed by atoms with E-state index in [4.69, 9.17) is 9.11 Å². The molecule has 2 aromatic rings. The van der Waals surface area contributed by atoms with Gasteiger partial charge in [0.05, 0.1) is 0 Å². The maximum absolute atomic E-state index is 10.6. The molecule has 0 radical (unpaired) electrons. The van der Waals surface area contributed by atoms with Crippen molar-refractivity contribution in [3.8, 4) is 34.8 Å². The Morgan fingerprint density at radius 1 is 0.862 bits per heavy atom. The van der Waals surface area contributed by atoms with Gasteiger partial charge in [0.15, 0.2) is 23.0 Å². The molecule has 0 amide bonds. The molecule has 0 heterocycles. The minimum absolute atomic E-state index is 0.272. The minimum Gasteiger partial charge on any atom is -0.504 e. The molecule has 0 bridgehead atoms. The Bertz CT molecular complexity index is 1200. The van der Waals surface area contributed by atoms with E-state index in [1.807, 2.05) is 0 Å². The molecule has 0 aliphatic carbocycles. The van der Waals surface area contributed by atoms with Crippen LogP contribution in [0.3, 0.4) is 0 Å². The van der Waals surface area contributed by atoms with E-state index in [0.717, 1.165) is 18.2 Å². The number of aromatic hydroxyl groups is 2. The van der Waals surface area contributed by atoms with Gasteiger partial charge in [-0.3, -0.25) is 9.11 Å². The van der Waals surface area contributed by atoms with Gasteiger partial charge < -0.3 is 18.6 Å². The van der Waals surface area contributed by atoms with Crippen molar-refractivity contribution in [2.45, 2.75) is 6.42 Å². The van der Waals surface area contributed by atoms with Gasteiger partial charge in [0.1, 0.15) is 0 Å². The molecular formula is C17H14O10S2. The molecule has 0 fully saturated rings. The molecule has 0 unspecified atom stereocenters. The zero-order chi connectivity index (χ0) is 21.7. The van der Waals surface area contributed by atoms with Crippen molar-refractivity contribution in [1.82, 2.24) is 0 Å². The van der Waals surface area contributed by atoms with E-state index in [2.05, 4.69) is 20.2 Å². The monoisotopic (exact) mass is 442 g/mol. The molecule has 12 heteroatoms. The molecule has 0 aliphatic heterocycles. The van der Waals surface area contributed by atoms with Crippen LogP contribution in [0.2, 0.25) is 0 Å². The summed E-state index contributed by atoms with van der Waals surface area (Å²) < 4.78 is 68.0. The third-order valence-electron chi connectivity index (χ3n) is 3.10. The average molecular weight is 442 g/mol. The number of benzene rings is 2. The minimum atomic E-state index is -4.75. The summed E-state index contributed by atoms with van der Waals surface area (Å²) in [6.45, 7) is 0. The molecule has 4 N–H and O–H groups in total. The first-order chi connectivity index (χ1) is 13.4. The van der Waals surface area contributed by atoms with E-state index in [9.17, 15) is 27.0 Å². The topological polar surface area (TPSA) is 168 Å². The largest absolute Gasteiger partial charge is 0.504 e. The Morgan fingerprint density at radius 2 is 1.41 bits per heavy atom. The Balaban J connectivity index is 2.00. The van der Waals surface area contributed by atoms with Crippen LogP contribution in [0.5, 0.6) is 23.0 Å². The maximum atomic E-state index is 10.6. The van der Waals surface area contributed by atoms with Crippen molar-refractivity contribution in [2.24, 2.45) is 0 Å². The summed E-state index contributed by atoms with van der Waals surface area (Å²) in [4.78, 5) is 0. The van der Waals surface area contributed by atoms with Gasteiger partial charge in [-0.2, -0.15) is 16.8 Å². The van der Waals surface area contributed by atoms with Crippen LogP contribution in [0.15, 0.2) is 42.5 Å². The van der Waals surface area contributed by atoms with Crippen LogP contribution in [0.1, 0.15) is 17.5 Å². The first-order valence-electron chi connectivity index (χ1n) is 7.58. The lowest BCUT2D eigenvalue weighted by Gasteiger charge is -2.04. The van der Waals surface area contributed by atoms with Gasteiger partial charge in [0.2, 0.25) is 0 Å². The highest BCUT2D eigenvalue weighted by atomic mass is 32.3. The molecule has 0 atom stereocenters. The summed E-state index contributed by atoms with van der Waals surface area (Å²) in [6.07, 6.45) is 3.50. The van der Waals surface area contributed by atoms with Gasteiger partial charge >= 0.3 is 20.8 Å². The molecule has 0 spiro atoms. The zero-order valence-electron chi connectivity index (χ0n) is 14.4. The lowest BCUT2D eigenvalue weighted by atomic mass is 10.1. The molecule has 154 valence electrons. The summed E-state index contributed by atoms with van der Waals surface area (Å²) >= 11 is 0. The van der Waals surface area contributed by atoms with E-state index >= 15 is 0 Å². The van der Waals surface area contributed by atoms with E-state index in [-0.39, 0.29) is 6.42 Å². The predicted octanol–water partition coefficient (Wildman–Crippen LogP) is 1.92. The van der Waals surface area contributed by atoms with Crippen LogP contribution >= 0.6 is 0 Å². The second-order valence-electron chi connectivity index (χ2n) is 5.34. The molecular weight excluding hydrogens is 428 g/mol. The summed E-state index contributed by atoms with van der Waals surface area (Å²) in [6, 6.07) is 7.48. The molecule has 0 saturated carbocycles. The fourth-order valence-corrected chi connectivity index (χ4v) is 2.74. The van der Waals surface area contributed by atoms with Crippen molar-refractivity contribution in [2.75, 3.05) is 0 Å². The number of hydrogen-bond acceptors (Lipinski definition) is 8. The van der Waals surface area contributed by atoms with Crippen LogP contribution in [-0.2, 0) is 20.8 Å². The lowest BCUT2D eigenvalue weighted by molar-refractivity contribution is 0.369. The van der Waals surface area contributed by atoms with Crippen LogP contribution in [-0.4, -0.2) is 36.2 Å². The van der Waals surface area contributed by atoms with Crippen LogP contribution in [0, 0.1) is 11.8 Å². The van der Waals surface area contributed by atoms with E-state index < -0.39 is 43.8 Å². The van der Waals surface area contributed by atoms with E-state index in [0.29, 0.717) is 11.1 Å². The van der Waals surface area contributed by atoms with E-state index in [1.165, 1.54) is 18.2 Å². The van der Waals surface area contributed by atoms with Crippen molar-refractivity contribution in [3.63, 3.8) is 0 Å². The Hall–Kier alpha value is -3.24. The van der Waals surface area contributed by atoms with Crippen molar-refractivity contribution >= 4 is 26.9 Å². The summed E-state index contributed by atoms with van der Waals surface area (Å²) in [5.74, 6) is 3.60. The fourth-order valence-electron chi connectivity index (χ4n) is 2.01. The summed E-state index contributed by atoms with van der Waals surface area (Å²) in [7, 11) is -9.49. The summed E-state index contributed by atoms with van der Waals surface area (Å²) in [5, 5.41) is 19.3. The first kappa shape index (κ1) is 22.1. The van der Waals surface area contributed by atoms with Gasteiger partial charge in [-0.1, -0.05) is 30.1 Å². The molecule has 29 heavy (non-hydrogen) atoms. The van der Waals surface area contributed by atoms with Crippen molar-refractivity contribution in [1.29, 1.82) is 0 Å². The maximum Gasteiger partial charge on any atom is 0.446 e. The third kappa shape index (κ3) is 7.72. The number of phenols is 2.